The van der Waals surface area contributed by atoms with E-state index in [9.17, 15) is 10.1 Å². The van der Waals surface area contributed by atoms with Gasteiger partial charge in [-0.05, 0) is 12.1 Å². The average Bonchev–Trinajstić information content (AvgIpc) is 2.19. The molecular weight excluding hydrogens is 218 g/mol. The van der Waals surface area contributed by atoms with Crippen molar-refractivity contribution in [1.82, 2.24) is 0 Å². The Bertz CT molecular complexity index is 303. The van der Waals surface area contributed by atoms with Crippen LogP contribution < -0.4 is 23.5 Å². The quantitative estimate of drug-likeness (QED) is 0.338. The molecule has 0 aliphatic carbocycles. The molecule has 0 heterocycles. The fourth-order valence-corrected chi connectivity index (χ4v) is 1.06. The molecule has 1 rings (SSSR count). The van der Waals surface area contributed by atoms with Crippen LogP contribution in [0.4, 0.5) is 11.4 Å². The van der Waals surface area contributed by atoms with Crippen LogP contribution in [0.3, 0.4) is 0 Å². The van der Waals surface area contributed by atoms with Crippen LogP contribution >= 0.6 is 0 Å². The first-order chi connectivity index (χ1) is 6.74. The van der Waals surface area contributed by atoms with E-state index in [-0.39, 0.29) is 18.1 Å². The molecule has 0 fully saturated rings. The molecule has 0 spiro atoms. The van der Waals surface area contributed by atoms with E-state index in [1.165, 1.54) is 12.1 Å². The predicted octanol–water partition coefficient (Wildman–Crippen LogP) is -2.36. The fourth-order valence-electron chi connectivity index (χ4n) is 1.06. The number of halogens is 1. The maximum absolute atomic E-state index is 10.3. The van der Waals surface area contributed by atoms with Crippen molar-refractivity contribution in [3.8, 4) is 0 Å². The van der Waals surface area contributed by atoms with Crippen molar-refractivity contribution in [3.63, 3.8) is 0 Å². The lowest BCUT2D eigenvalue weighted by Gasteiger charge is -2.03. The Morgan fingerprint density at radius 3 is 2.40 bits per heavy atom. The molecular formula is C9H14ClN3O2. The van der Waals surface area contributed by atoms with Gasteiger partial charge < -0.3 is 23.5 Å². The number of benzene rings is 1. The number of nitro benzene ring substituents is 1. The molecule has 0 saturated heterocycles. The molecule has 84 valence electrons. The molecule has 0 unspecified atom stereocenters. The standard InChI is InChI=1S/C9H13N3O2.ClH/c10-6-1-7-11-8-2-4-9(5-3-8)12(13)14;/h2-5,11H,1,6-7,10H2;1H. The van der Waals surface area contributed by atoms with Crippen LogP contribution in [-0.2, 0) is 0 Å². The number of nitrogens with zero attached hydrogens (tertiary/aromatic N) is 1. The molecule has 0 saturated carbocycles. The molecule has 5 nitrogen and oxygen atoms in total. The van der Waals surface area contributed by atoms with Crippen LogP contribution in [0.25, 0.3) is 0 Å². The second kappa shape index (κ2) is 7.03. The summed E-state index contributed by atoms with van der Waals surface area (Å²) in [7, 11) is 0. The summed E-state index contributed by atoms with van der Waals surface area (Å²) in [5.74, 6) is 0. The van der Waals surface area contributed by atoms with E-state index in [0.29, 0.717) is 0 Å². The van der Waals surface area contributed by atoms with Gasteiger partial charge in [-0.15, -0.1) is 0 Å². The zero-order chi connectivity index (χ0) is 10.4. The molecule has 0 amide bonds. The summed E-state index contributed by atoms with van der Waals surface area (Å²) in [6, 6.07) is 6.40. The van der Waals surface area contributed by atoms with Crippen molar-refractivity contribution < 1.29 is 23.1 Å². The number of nitro groups is 1. The van der Waals surface area contributed by atoms with Gasteiger partial charge in [0.25, 0.3) is 5.69 Å². The molecule has 4 N–H and O–H groups in total. The number of quaternary nitrogens is 1. The monoisotopic (exact) mass is 231 g/mol. The highest BCUT2D eigenvalue weighted by atomic mass is 35.5. The molecule has 0 aromatic heterocycles. The maximum Gasteiger partial charge on any atom is 0.269 e. The molecule has 1 aromatic carbocycles. The van der Waals surface area contributed by atoms with Gasteiger partial charge in [-0.1, -0.05) is 0 Å². The Hall–Kier alpha value is -1.33. The van der Waals surface area contributed by atoms with Crippen molar-refractivity contribution in [2.45, 2.75) is 6.42 Å². The van der Waals surface area contributed by atoms with Gasteiger partial charge in [0.1, 0.15) is 0 Å². The van der Waals surface area contributed by atoms with Gasteiger partial charge in [-0.25, -0.2) is 0 Å². The third kappa shape index (κ3) is 4.62. The van der Waals surface area contributed by atoms with Crippen molar-refractivity contribution >= 4 is 11.4 Å². The van der Waals surface area contributed by atoms with Gasteiger partial charge in [-0.3, -0.25) is 10.1 Å². The highest BCUT2D eigenvalue weighted by Gasteiger charge is 2.02. The summed E-state index contributed by atoms with van der Waals surface area (Å²) in [6.07, 6.45) is 0.997. The van der Waals surface area contributed by atoms with Gasteiger partial charge in [0, 0.05) is 30.8 Å². The number of non-ortho nitro benzene ring substituents is 1. The molecule has 0 atom stereocenters. The lowest BCUT2D eigenvalue weighted by atomic mass is 10.3. The largest absolute Gasteiger partial charge is 1.00 e. The van der Waals surface area contributed by atoms with Gasteiger partial charge in [0.05, 0.1) is 11.5 Å². The minimum absolute atomic E-state index is 0. The van der Waals surface area contributed by atoms with Gasteiger partial charge in [0.2, 0.25) is 0 Å². The summed E-state index contributed by atoms with van der Waals surface area (Å²) in [6.45, 7) is 1.74. The van der Waals surface area contributed by atoms with E-state index in [1.807, 2.05) is 0 Å². The van der Waals surface area contributed by atoms with Gasteiger partial charge in [-0.2, -0.15) is 0 Å². The minimum Gasteiger partial charge on any atom is -1.00 e. The Morgan fingerprint density at radius 2 is 1.93 bits per heavy atom. The Morgan fingerprint density at radius 1 is 1.33 bits per heavy atom. The second-order valence-corrected chi connectivity index (χ2v) is 2.94. The van der Waals surface area contributed by atoms with Crippen LogP contribution in [0.5, 0.6) is 0 Å². The van der Waals surface area contributed by atoms with Crippen molar-refractivity contribution in [2.75, 3.05) is 18.4 Å². The van der Waals surface area contributed by atoms with Crippen LogP contribution in [0.2, 0.25) is 0 Å². The van der Waals surface area contributed by atoms with Crippen molar-refractivity contribution in [1.29, 1.82) is 0 Å². The first-order valence-corrected chi connectivity index (χ1v) is 4.51. The van der Waals surface area contributed by atoms with E-state index < -0.39 is 4.92 Å². The zero-order valence-corrected chi connectivity index (χ0v) is 9.04. The molecule has 0 aliphatic rings. The molecule has 0 bridgehead atoms. The molecule has 1 aromatic rings. The number of nitrogens with one attached hydrogen (secondary N) is 1. The third-order valence-corrected chi connectivity index (χ3v) is 1.83. The minimum atomic E-state index is -0.403. The number of rotatable bonds is 5. The normalized spacial score (nSPS) is 9.13. The third-order valence-electron chi connectivity index (χ3n) is 1.83. The molecule has 15 heavy (non-hydrogen) atoms. The molecule has 6 heteroatoms. The summed E-state index contributed by atoms with van der Waals surface area (Å²) in [5.41, 5.74) is 4.75. The van der Waals surface area contributed by atoms with E-state index in [4.69, 9.17) is 0 Å². The molecule has 0 radical (unpaired) electrons. The SMILES string of the molecule is [Cl-].[NH3+]CCCNc1ccc([N+](=O)[O-])cc1. The second-order valence-electron chi connectivity index (χ2n) is 2.94. The van der Waals surface area contributed by atoms with Crippen LogP contribution in [0, 0.1) is 10.1 Å². The van der Waals surface area contributed by atoms with Crippen LogP contribution in [0.15, 0.2) is 24.3 Å². The summed E-state index contributed by atoms with van der Waals surface area (Å²) < 4.78 is 0. The lowest BCUT2D eigenvalue weighted by Crippen LogP contribution is -3.00. The summed E-state index contributed by atoms with van der Waals surface area (Å²) in [5, 5.41) is 13.5. The zero-order valence-electron chi connectivity index (χ0n) is 8.28. The van der Waals surface area contributed by atoms with Gasteiger partial charge >= 0.3 is 0 Å². The molecule has 0 aliphatic heterocycles. The highest BCUT2D eigenvalue weighted by molar-refractivity contribution is 5.48. The van der Waals surface area contributed by atoms with E-state index in [2.05, 4.69) is 11.1 Å². The van der Waals surface area contributed by atoms with E-state index >= 15 is 0 Å². The number of hydrogen-bond acceptors (Lipinski definition) is 3. The maximum atomic E-state index is 10.3. The fraction of sp³-hybridized carbons (Fsp3) is 0.333. The summed E-state index contributed by atoms with van der Waals surface area (Å²) >= 11 is 0. The van der Waals surface area contributed by atoms with Crippen LogP contribution in [0.1, 0.15) is 6.42 Å². The average molecular weight is 232 g/mol. The van der Waals surface area contributed by atoms with E-state index in [1.54, 1.807) is 12.1 Å². The number of hydrogen-bond donors (Lipinski definition) is 2. The Balaban J connectivity index is 0.00000196. The van der Waals surface area contributed by atoms with Crippen LogP contribution in [-0.4, -0.2) is 18.0 Å². The van der Waals surface area contributed by atoms with Crippen molar-refractivity contribution in [3.05, 3.63) is 34.4 Å². The van der Waals surface area contributed by atoms with E-state index in [0.717, 1.165) is 25.2 Å². The summed E-state index contributed by atoms with van der Waals surface area (Å²) in [4.78, 5) is 9.95. The topological polar surface area (TPSA) is 82.8 Å². The highest BCUT2D eigenvalue weighted by Crippen LogP contribution is 2.14. The first kappa shape index (κ1) is 13.7. The lowest BCUT2D eigenvalue weighted by molar-refractivity contribution is -0.384. The Kier molecular flexibility index (Phi) is 6.40. The predicted molar refractivity (Wildman–Crippen MR) is 54.0 cm³/mol. The smallest absolute Gasteiger partial charge is 0.269 e. The first-order valence-electron chi connectivity index (χ1n) is 4.51. The Labute approximate surface area is 94.2 Å². The van der Waals surface area contributed by atoms with Crippen molar-refractivity contribution in [2.24, 2.45) is 0 Å². The number of anilines is 1. The van der Waals surface area contributed by atoms with Gasteiger partial charge in [0.15, 0.2) is 0 Å².